The fourth-order valence-electron chi connectivity index (χ4n) is 1.33. The summed E-state index contributed by atoms with van der Waals surface area (Å²) < 4.78 is 1.27. The third-order valence-corrected chi connectivity index (χ3v) is 2.82. The fourth-order valence-corrected chi connectivity index (χ4v) is 1.90. The van der Waals surface area contributed by atoms with Gasteiger partial charge in [-0.2, -0.15) is 0 Å². The predicted octanol–water partition coefficient (Wildman–Crippen LogP) is 3.90. The first kappa shape index (κ1) is 14.2. The van der Waals surface area contributed by atoms with E-state index in [4.69, 9.17) is 5.73 Å². The third kappa shape index (κ3) is 4.62. The van der Waals surface area contributed by atoms with Gasteiger partial charge in [0.15, 0.2) is 0 Å². The first-order valence-corrected chi connectivity index (χ1v) is 5.83. The van der Waals surface area contributed by atoms with E-state index in [9.17, 15) is 0 Å². The van der Waals surface area contributed by atoms with E-state index in [2.05, 4.69) is 53.8 Å². The molecule has 0 spiro atoms. The average molecular weight is 326 g/mol. The Balaban J connectivity index is 0.00000169. The lowest BCUT2D eigenvalue weighted by atomic mass is 10.0. The van der Waals surface area contributed by atoms with Gasteiger partial charge in [0.1, 0.15) is 0 Å². The Labute approximate surface area is 106 Å². The van der Waals surface area contributed by atoms with Crippen LogP contribution in [0.3, 0.4) is 0 Å². The molecule has 0 unspecified atom stereocenters. The lowest BCUT2D eigenvalue weighted by Gasteiger charge is -2.11. The second-order valence-corrected chi connectivity index (χ2v) is 4.55. The molecule has 0 fully saturated rings. The molecule has 0 aliphatic rings. The number of unbranched alkanes of at least 4 members (excludes halogenated alkanes) is 1. The first-order chi connectivity index (χ1) is 6.24. The van der Waals surface area contributed by atoms with E-state index in [1.807, 2.05) is 0 Å². The number of rotatable bonds is 4. The number of hydrogen-bond donors (Lipinski definition) is 1. The highest BCUT2D eigenvalue weighted by Gasteiger charge is 2.04. The summed E-state index contributed by atoms with van der Waals surface area (Å²) in [5.41, 5.74) is 7.31. The van der Waals surface area contributed by atoms with Crippen molar-refractivity contribution in [3.8, 4) is 0 Å². The highest BCUT2D eigenvalue weighted by atomic mass is 127. The Morgan fingerprint density at radius 1 is 1.43 bits per heavy atom. The van der Waals surface area contributed by atoms with E-state index in [0.717, 1.165) is 6.42 Å². The van der Waals surface area contributed by atoms with E-state index in [1.165, 1.54) is 22.0 Å². The van der Waals surface area contributed by atoms with Crippen LogP contribution in [0.25, 0.3) is 0 Å². The van der Waals surface area contributed by atoms with Crippen LogP contribution < -0.4 is 5.73 Å². The second kappa shape index (κ2) is 7.49. The molecule has 1 atom stereocenters. The molecule has 1 nitrogen and oxygen atoms in total. The van der Waals surface area contributed by atoms with Crippen molar-refractivity contribution in [2.45, 2.75) is 32.2 Å². The van der Waals surface area contributed by atoms with Gasteiger partial charge in [0, 0.05) is 9.61 Å². The molecule has 0 aliphatic heterocycles. The van der Waals surface area contributed by atoms with Gasteiger partial charge >= 0.3 is 0 Å². The Kier molecular flexibility index (Phi) is 7.59. The van der Waals surface area contributed by atoms with Crippen LogP contribution >= 0.6 is 35.0 Å². The van der Waals surface area contributed by atoms with Crippen LogP contribution in [-0.2, 0) is 0 Å². The van der Waals surface area contributed by atoms with E-state index in [0.29, 0.717) is 0 Å². The summed E-state index contributed by atoms with van der Waals surface area (Å²) >= 11 is 2.32. The van der Waals surface area contributed by atoms with Crippen molar-refractivity contribution in [1.82, 2.24) is 0 Å². The molecule has 3 heteroatoms. The van der Waals surface area contributed by atoms with Crippen molar-refractivity contribution in [2.24, 2.45) is 5.73 Å². The summed E-state index contributed by atoms with van der Waals surface area (Å²) in [4.78, 5) is 0. The molecule has 1 aromatic rings. The number of hydrogen-bond acceptors (Lipinski definition) is 1. The van der Waals surface area contributed by atoms with Crippen LogP contribution in [0.5, 0.6) is 0 Å². The van der Waals surface area contributed by atoms with E-state index < -0.39 is 0 Å². The average Bonchev–Trinajstić information content (AvgIpc) is 2.14. The molecule has 0 saturated carbocycles. The molecule has 0 heterocycles. The minimum atomic E-state index is 0. The lowest BCUT2D eigenvalue weighted by molar-refractivity contribution is 0.603. The lowest BCUT2D eigenvalue weighted by Crippen LogP contribution is -2.09. The minimum Gasteiger partial charge on any atom is -0.324 e. The molecule has 0 radical (unpaired) electrons. The van der Waals surface area contributed by atoms with Crippen LogP contribution in [0.1, 0.15) is 37.8 Å². The summed E-state index contributed by atoms with van der Waals surface area (Å²) in [6.45, 7) is 2.20. The SMILES string of the molecule is CCCC[C@H](N)c1cccc(I)c1.Cl. The monoisotopic (exact) mass is 325 g/mol. The molecular weight excluding hydrogens is 308 g/mol. The maximum absolute atomic E-state index is 6.05. The van der Waals surface area contributed by atoms with Crippen molar-refractivity contribution in [3.05, 3.63) is 33.4 Å². The second-order valence-electron chi connectivity index (χ2n) is 3.30. The number of benzene rings is 1. The van der Waals surface area contributed by atoms with Gasteiger partial charge in [0.2, 0.25) is 0 Å². The Morgan fingerprint density at radius 2 is 2.14 bits per heavy atom. The van der Waals surface area contributed by atoms with Crippen molar-refractivity contribution in [1.29, 1.82) is 0 Å². The van der Waals surface area contributed by atoms with E-state index >= 15 is 0 Å². The van der Waals surface area contributed by atoms with Gasteiger partial charge in [-0.25, -0.2) is 0 Å². The van der Waals surface area contributed by atoms with Gasteiger partial charge < -0.3 is 5.73 Å². The molecule has 0 amide bonds. The molecule has 14 heavy (non-hydrogen) atoms. The fraction of sp³-hybridized carbons (Fsp3) is 0.455. The highest BCUT2D eigenvalue weighted by molar-refractivity contribution is 14.1. The quantitative estimate of drug-likeness (QED) is 0.835. The molecule has 0 bridgehead atoms. The molecule has 80 valence electrons. The summed E-state index contributed by atoms with van der Waals surface area (Å²) in [6, 6.07) is 8.66. The van der Waals surface area contributed by atoms with Crippen LogP contribution in [0.15, 0.2) is 24.3 Å². The van der Waals surface area contributed by atoms with Gasteiger partial charge in [0.05, 0.1) is 0 Å². The van der Waals surface area contributed by atoms with Crippen molar-refractivity contribution >= 4 is 35.0 Å². The van der Waals surface area contributed by atoms with Crippen molar-refractivity contribution in [2.75, 3.05) is 0 Å². The molecule has 1 aromatic carbocycles. The highest BCUT2D eigenvalue weighted by Crippen LogP contribution is 2.18. The normalized spacial score (nSPS) is 11.9. The zero-order chi connectivity index (χ0) is 9.68. The van der Waals surface area contributed by atoms with E-state index in [1.54, 1.807) is 0 Å². The van der Waals surface area contributed by atoms with Crippen LogP contribution in [-0.4, -0.2) is 0 Å². The van der Waals surface area contributed by atoms with Crippen molar-refractivity contribution in [3.63, 3.8) is 0 Å². The van der Waals surface area contributed by atoms with Crippen molar-refractivity contribution < 1.29 is 0 Å². The third-order valence-electron chi connectivity index (χ3n) is 2.15. The summed E-state index contributed by atoms with van der Waals surface area (Å²) in [6.07, 6.45) is 3.53. The topological polar surface area (TPSA) is 26.0 Å². The molecule has 1 rings (SSSR count). The molecule has 2 N–H and O–H groups in total. The Bertz CT molecular complexity index is 265. The smallest absolute Gasteiger partial charge is 0.0295 e. The number of halogens is 2. The Hall–Kier alpha value is 0.200. The summed E-state index contributed by atoms with van der Waals surface area (Å²) in [5, 5.41) is 0. The maximum Gasteiger partial charge on any atom is 0.0295 e. The summed E-state index contributed by atoms with van der Waals surface area (Å²) in [7, 11) is 0. The minimum absolute atomic E-state index is 0. The van der Waals surface area contributed by atoms with Gasteiger partial charge in [-0.15, -0.1) is 12.4 Å². The first-order valence-electron chi connectivity index (χ1n) is 4.75. The predicted molar refractivity (Wildman–Crippen MR) is 72.9 cm³/mol. The molecule has 0 aliphatic carbocycles. The van der Waals surface area contributed by atoms with Gasteiger partial charge in [-0.1, -0.05) is 31.9 Å². The molecular formula is C11H17ClIN. The van der Waals surface area contributed by atoms with Gasteiger partial charge in [0.25, 0.3) is 0 Å². The standard InChI is InChI=1S/C11H16IN.ClH/c1-2-3-7-11(13)9-5-4-6-10(12)8-9;/h4-6,8,11H,2-3,7,13H2,1H3;1H/t11-;/m0./s1. The largest absolute Gasteiger partial charge is 0.324 e. The molecule has 0 saturated heterocycles. The zero-order valence-corrected chi connectivity index (χ0v) is 11.3. The van der Waals surface area contributed by atoms with Gasteiger partial charge in [-0.05, 0) is 46.7 Å². The maximum atomic E-state index is 6.05. The number of nitrogens with two attached hydrogens (primary N) is 1. The zero-order valence-electron chi connectivity index (χ0n) is 8.37. The van der Waals surface area contributed by atoms with Crippen LogP contribution in [0, 0.1) is 3.57 Å². The van der Waals surface area contributed by atoms with Crippen LogP contribution in [0.2, 0.25) is 0 Å². The summed E-state index contributed by atoms with van der Waals surface area (Å²) in [5.74, 6) is 0. The molecule has 0 aromatic heterocycles. The van der Waals surface area contributed by atoms with Crippen LogP contribution in [0.4, 0.5) is 0 Å². The van der Waals surface area contributed by atoms with Gasteiger partial charge in [-0.3, -0.25) is 0 Å². The van der Waals surface area contributed by atoms with E-state index in [-0.39, 0.29) is 18.4 Å². The Morgan fingerprint density at radius 3 is 2.71 bits per heavy atom.